The molecule has 0 saturated heterocycles. The number of fused-ring (bicyclic) bond motifs is 3. The van der Waals surface area contributed by atoms with Gasteiger partial charge in [-0.15, -0.1) is 0 Å². The summed E-state index contributed by atoms with van der Waals surface area (Å²) in [6.07, 6.45) is 0.189. The maximum Gasteiger partial charge on any atom is 0.221 e. The van der Waals surface area contributed by atoms with Gasteiger partial charge in [0.05, 0.1) is 17.5 Å². The lowest BCUT2D eigenvalue weighted by molar-refractivity contribution is -0.117. The van der Waals surface area contributed by atoms with Crippen molar-refractivity contribution in [3.8, 4) is 0 Å². The number of hydrogen-bond donors (Lipinski definition) is 3. The van der Waals surface area contributed by atoms with Crippen LogP contribution in [-0.2, 0) is 16.8 Å². The van der Waals surface area contributed by atoms with E-state index in [-0.39, 0.29) is 12.3 Å². The lowest BCUT2D eigenvalue weighted by Crippen LogP contribution is -2.14. The number of nitrogens with one attached hydrogen (secondary N) is 1. The zero-order valence-electron chi connectivity index (χ0n) is 12.4. The molecule has 0 saturated carbocycles. The third kappa shape index (κ3) is 2.51. The van der Waals surface area contributed by atoms with Crippen molar-refractivity contribution >= 4 is 43.6 Å². The number of aliphatic hydroxyl groups is 1. The first-order valence-electron chi connectivity index (χ1n) is 7.01. The molecule has 0 aliphatic heterocycles. The third-order valence-corrected chi connectivity index (χ3v) is 4.52. The van der Waals surface area contributed by atoms with Crippen molar-refractivity contribution in [1.82, 2.24) is 4.98 Å². The van der Waals surface area contributed by atoms with E-state index >= 15 is 0 Å². The number of H-pyrrole nitrogens is 1. The molecule has 0 aliphatic rings. The van der Waals surface area contributed by atoms with E-state index in [4.69, 9.17) is 5.73 Å². The van der Waals surface area contributed by atoms with Crippen LogP contribution in [0.1, 0.15) is 25.0 Å². The third-order valence-electron chi connectivity index (χ3n) is 3.86. The number of carbonyl (C=O) groups excluding carboxylic acids is 1. The maximum atomic E-state index is 11.3. The Balaban J connectivity index is 2.32. The summed E-state index contributed by atoms with van der Waals surface area (Å²) in [6.45, 7) is 3.51. The first-order chi connectivity index (χ1) is 10.3. The molecule has 0 spiro atoms. The van der Waals surface area contributed by atoms with Gasteiger partial charge in [0.1, 0.15) is 0 Å². The van der Waals surface area contributed by atoms with Crippen LogP contribution < -0.4 is 5.73 Å². The van der Waals surface area contributed by atoms with Gasteiger partial charge in [0.15, 0.2) is 0 Å². The second-order valence-corrected chi connectivity index (χ2v) is 6.90. The number of amides is 1. The Labute approximate surface area is 136 Å². The smallest absolute Gasteiger partial charge is 0.221 e. The molecule has 5 heteroatoms. The number of benzene rings is 2. The van der Waals surface area contributed by atoms with Gasteiger partial charge in [-0.25, -0.2) is 0 Å². The Hall–Kier alpha value is -1.85. The Morgan fingerprint density at radius 3 is 2.68 bits per heavy atom. The van der Waals surface area contributed by atoms with Crippen molar-refractivity contribution in [2.45, 2.75) is 25.9 Å². The van der Waals surface area contributed by atoms with Gasteiger partial charge in [0, 0.05) is 20.8 Å². The Kier molecular flexibility index (Phi) is 3.50. The lowest BCUT2D eigenvalue weighted by atomic mass is 9.97. The highest BCUT2D eigenvalue weighted by molar-refractivity contribution is 9.10. The van der Waals surface area contributed by atoms with Gasteiger partial charge in [-0.2, -0.15) is 0 Å². The lowest BCUT2D eigenvalue weighted by Gasteiger charge is -2.17. The van der Waals surface area contributed by atoms with Crippen molar-refractivity contribution in [1.29, 1.82) is 0 Å². The number of nitrogens with two attached hydrogens (primary N) is 1. The predicted octanol–water partition coefficient (Wildman–Crippen LogP) is 3.34. The van der Waals surface area contributed by atoms with Gasteiger partial charge >= 0.3 is 0 Å². The van der Waals surface area contributed by atoms with E-state index in [1.807, 2.05) is 30.3 Å². The van der Waals surface area contributed by atoms with Crippen molar-refractivity contribution < 1.29 is 9.90 Å². The highest BCUT2D eigenvalue weighted by Crippen LogP contribution is 2.35. The molecule has 0 aliphatic carbocycles. The normalized spacial score (nSPS) is 12.2. The minimum atomic E-state index is -0.904. The van der Waals surface area contributed by atoms with E-state index in [0.717, 1.165) is 37.4 Å². The van der Waals surface area contributed by atoms with E-state index in [1.165, 1.54) is 0 Å². The molecule has 4 N–H and O–H groups in total. The molecule has 1 aromatic heterocycles. The van der Waals surface area contributed by atoms with Gasteiger partial charge in [0.2, 0.25) is 5.91 Å². The van der Waals surface area contributed by atoms with E-state index in [9.17, 15) is 9.90 Å². The van der Waals surface area contributed by atoms with Gasteiger partial charge in [-0.1, -0.05) is 34.1 Å². The largest absolute Gasteiger partial charge is 0.386 e. The highest BCUT2D eigenvalue weighted by atomic mass is 79.9. The van der Waals surface area contributed by atoms with Crippen LogP contribution in [0.4, 0.5) is 0 Å². The number of carbonyl (C=O) groups is 1. The topological polar surface area (TPSA) is 79.1 Å². The molecule has 0 unspecified atom stereocenters. The molecule has 0 fully saturated rings. The first kappa shape index (κ1) is 15.1. The van der Waals surface area contributed by atoms with E-state index in [1.54, 1.807) is 13.8 Å². The number of aromatic amines is 1. The zero-order valence-corrected chi connectivity index (χ0v) is 14.0. The average Bonchev–Trinajstić information content (AvgIpc) is 2.80. The number of rotatable bonds is 3. The summed E-state index contributed by atoms with van der Waals surface area (Å²) in [5, 5.41) is 12.2. The predicted molar refractivity (Wildman–Crippen MR) is 91.6 cm³/mol. The molecular formula is C17H17BrN2O2. The van der Waals surface area contributed by atoms with Crippen LogP contribution in [-0.4, -0.2) is 16.0 Å². The monoisotopic (exact) mass is 360 g/mol. The van der Waals surface area contributed by atoms with Crippen molar-refractivity contribution in [3.05, 3.63) is 45.9 Å². The van der Waals surface area contributed by atoms with Crippen molar-refractivity contribution in [2.75, 3.05) is 0 Å². The molecule has 1 amide bonds. The van der Waals surface area contributed by atoms with Crippen LogP contribution in [0.3, 0.4) is 0 Å². The molecule has 3 rings (SSSR count). The Morgan fingerprint density at radius 1 is 1.32 bits per heavy atom. The van der Waals surface area contributed by atoms with Crippen LogP contribution in [0.15, 0.2) is 34.8 Å². The zero-order chi connectivity index (χ0) is 16.1. The molecule has 0 radical (unpaired) electrons. The minimum absolute atomic E-state index is 0.189. The number of halogens is 1. The summed E-state index contributed by atoms with van der Waals surface area (Å²) in [4.78, 5) is 14.6. The van der Waals surface area contributed by atoms with Crippen molar-refractivity contribution in [3.63, 3.8) is 0 Å². The van der Waals surface area contributed by atoms with Crippen LogP contribution in [0.25, 0.3) is 21.8 Å². The van der Waals surface area contributed by atoms with Crippen LogP contribution in [0, 0.1) is 0 Å². The fourth-order valence-corrected chi connectivity index (χ4v) is 3.29. The van der Waals surface area contributed by atoms with E-state index in [0.29, 0.717) is 0 Å². The number of primary amides is 1. The Morgan fingerprint density at radius 2 is 2.05 bits per heavy atom. The second kappa shape index (κ2) is 5.11. The minimum Gasteiger partial charge on any atom is -0.386 e. The molecule has 114 valence electrons. The van der Waals surface area contributed by atoms with E-state index < -0.39 is 5.60 Å². The van der Waals surface area contributed by atoms with Gasteiger partial charge in [-0.05, 0) is 37.1 Å². The highest BCUT2D eigenvalue weighted by Gasteiger charge is 2.18. The summed E-state index contributed by atoms with van der Waals surface area (Å²) in [5.41, 5.74) is 7.95. The van der Waals surface area contributed by atoms with Gasteiger partial charge < -0.3 is 15.8 Å². The molecule has 0 atom stereocenters. The molecule has 3 aromatic rings. The number of aromatic nitrogens is 1. The molecule has 22 heavy (non-hydrogen) atoms. The maximum absolute atomic E-state index is 11.3. The van der Waals surface area contributed by atoms with Gasteiger partial charge in [0.25, 0.3) is 0 Å². The number of hydrogen-bond acceptors (Lipinski definition) is 2. The summed E-state index contributed by atoms with van der Waals surface area (Å²) >= 11 is 3.57. The molecule has 1 heterocycles. The molecule has 0 bridgehead atoms. The SMILES string of the molecule is CC(C)(O)c1ccc2c(c1)[nH]c1c(CC(N)=O)ccc(Br)c12. The summed E-state index contributed by atoms with van der Waals surface area (Å²) < 4.78 is 0.956. The molecule has 4 nitrogen and oxygen atoms in total. The van der Waals surface area contributed by atoms with Gasteiger partial charge in [-0.3, -0.25) is 4.79 Å². The fraction of sp³-hybridized carbons (Fsp3) is 0.235. The average molecular weight is 361 g/mol. The van der Waals surface area contributed by atoms with E-state index in [2.05, 4.69) is 20.9 Å². The van der Waals surface area contributed by atoms with Crippen LogP contribution >= 0.6 is 15.9 Å². The molecular weight excluding hydrogens is 344 g/mol. The first-order valence-corrected chi connectivity index (χ1v) is 7.80. The van der Waals surface area contributed by atoms with Crippen LogP contribution in [0.2, 0.25) is 0 Å². The Bertz CT molecular complexity index is 891. The summed E-state index contributed by atoms with van der Waals surface area (Å²) in [7, 11) is 0. The fourth-order valence-electron chi connectivity index (χ4n) is 2.74. The second-order valence-electron chi connectivity index (χ2n) is 6.04. The molecule has 2 aromatic carbocycles. The summed E-state index contributed by atoms with van der Waals surface area (Å²) in [5.74, 6) is -0.362. The van der Waals surface area contributed by atoms with Crippen LogP contribution in [0.5, 0.6) is 0 Å². The standard InChI is InChI=1S/C17H17BrN2O2/c1-17(2,22)10-4-5-11-13(8-10)20-16-9(7-14(19)21)3-6-12(18)15(11)16/h3-6,8,20,22H,7H2,1-2H3,(H2,19,21). The van der Waals surface area contributed by atoms with Crippen molar-refractivity contribution in [2.24, 2.45) is 5.73 Å². The quantitative estimate of drug-likeness (QED) is 0.669. The summed E-state index contributed by atoms with van der Waals surface area (Å²) in [6, 6.07) is 9.67.